The largest absolute Gasteiger partial charge is 0.0843 e. The number of rotatable bonds is 5. The first-order valence-corrected chi connectivity index (χ1v) is 10.1. The van der Waals surface area contributed by atoms with Crippen molar-refractivity contribution in [3.63, 3.8) is 0 Å². The third-order valence-corrected chi connectivity index (χ3v) is 8.04. The van der Waals surface area contributed by atoms with Crippen molar-refractivity contribution < 1.29 is 0 Å². The molecule has 1 heterocycles. The molecule has 0 spiro atoms. The molecule has 2 rings (SSSR count). The number of benzene rings is 1. The van der Waals surface area contributed by atoms with Crippen LogP contribution in [0.4, 0.5) is 0 Å². The predicted octanol–water partition coefficient (Wildman–Crippen LogP) is 4.76. The first-order chi connectivity index (χ1) is 8.79. The van der Waals surface area contributed by atoms with Gasteiger partial charge in [-0.25, -0.2) is 0 Å². The maximum absolute atomic E-state index is 5.96. The second kappa shape index (κ2) is 7.35. The normalized spacial score (nSPS) is 24.1. The van der Waals surface area contributed by atoms with E-state index in [1.807, 2.05) is 0 Å². The van der Waals surface area contributed by atoms with Crippen molar-refractivity contribution in [3.8, 4) is 0 Å². The molecule has 18 heavy (non-hydrogen) atoms. The van der Waals surface area contributed by atoms with Crippen LogP contribution >= 0.6 is 11.6 Å². The topological polar surface area (TPSA) is 0 Å². The maximum Gasteiger partial charge on any atom is 0.0708 e. The standard InChI is InChI=1S/C16H25ClSi/c1-2-3-4-5-14-10-12-18(13-11-14)16-8-6-15(17)7-9-16/h6-9,14,18H,2-5,10-13H2,1H3. The lowest BCUT2D eigenvalue weighted by Crippen LogP contribution is -2.33. The molecule has 0 bridgehead atoms. The van der Waals surface area contributed by atoms with Crippen molar-refractivity contribution in [2.75, 3.05) is 0 Å². The third kappa shape index (κ3) is 4.13. The molecule has 0 N–H and O–H groups in total. The molecule has 1 aromatic carbocycles. The van der Waals surface area contributed by atoms with E-state index in [0.29, 0.717) is 0 Å². The van der Waals surface area contributed by atoms with Crippen LogP contribution in [0.2, 0.25) is 17.1 Å². The fourth-order valence-corrected chi connectivity index (χ4v) is 6.77. The summed E-state index contributed by atoms with van der Waals surface area (Å²) in [6.45, 7) is 2.30. The van der Waals surface area contributed by atoms with Crippen LogP contribution in [0.3, 0.4) is 0 Å². The molecule has 1 fully saturated rings. The van der Waals surface area contributed by atoms with Gasteiger partial charge >= 0.3 is 0 Å². The molecule has 0 atom stereocenters. The van der Waals surface area contributed by atoms with Gasteiger partial charge in [-0.15, -0.1) is 0 Å². The Kier molecular flexibility index (Phi) is 5.77. The van der Waals surface area contributed by atoms with E-state index in [-0.39, 0.29) is 0 Å². The van der Waals surface area contributed by atoms with Crippen molar-refractivity contribution in [2.24, 2.45) is 5.92 Å². The number of unbranched alkanes of at least 4 members (excludes halogenated alkanes) is 2. The Bertz CT molecular complexity index is 339. The highest BCUT2D eigenvalue weighted by Gasteiger charge is 2.22. The second-order valence-electron chi connectivity index (χ2n) is 5.76. The molecule has 0 unspecified atom stereocenters. The average Bonchev–Trinajstić information content (AvgIpc) is 2.41. The Balaban J connectivity index is 1.77. The zero-order valence-corrected chi connectivity index (χ0v) is 13.4. The molecule has 0 saturated carbocycles. The van der Waals surface area contributed by atoms with Crippen LogP contribution in [0.5, 0.6) is 0 Å². The molecule has 1 aliphatic rings. The molecule has 0 amide bonds. The Morgan fingerprint density at radius 2 is 1.78 bits per heavy atom. The van der Waals surface area contributed by atoms with Gasteiger partial charge in [0.25, 0.3) is 0 Å². The summed E-state index contributed by atoms with van der Waals surface area (Å²) in [7, 11) is -0.643. The van der Waals surface area contributed by atoms with Crippen molar-refractivity contribution in [1.29, 1.82) is 0 Å². The van der Waals surface area contributed by atoms with Gasteiger partial charge in [0.2, 0.25) is 0 Å². The third-order valence-electron chi connectivity index (χ3n) is 4.40. The summed E-state index contributed by atoms with van der Waals surface area (Å²) in [5.41, 5.74) is 0. The monoisotopic (exact) mass is 280 g/mol. The Hall–Kier alpha value is -0.273. The van der Waals surface area contributed by atoms with E-state index < -0.39 is 8.80 Å². The molecular weight excluding hydrogens is 256 g/mol. The summed E-state index contributed by atoms with van der Waals surface area (Å²) in [5, 5.41) is 2.51. The minimum absolute atomic E-state index is 0.643. The van der Waals surface area contributed by atoms with Crippen LogP contribution in [0.1, 0.15) is 45.4 Å². The summed E-state index contributed by atoms with van der Waals surface area (Å²) in [5.74, 6) is 1.03. The van der Waals surface area contributed by atoms with E-state index in [1.54, 1.807) is 5.19 Å². The Labute approximate surface area is 118 Å². The molecule has 0 radical (unpaired) electrons. The van der Waals surface area contributed by atoms with Gasteiger partial charge in [-0.05, 0) is 18.1 Å². The minimum Gasteiger partial charge on any atom is -0.0843 e. The zero-order chi connectivity index (χ0) is 12.8. The summed E-state index contributed by atoms with van der Waals surface area (Å²) < 4.78 is 0. The first-order valence-electron chi connectivity index (χ1n) is 7.55. The average molecular weight is 281 g/mol. The first kappa shape index (κ1) is 14.1. The lowest BCUT2D eigenvalue weighted by molar-refractivity contribution is 0.418. The van der Waals surface area contributed by atoms with Crippen molar-refractivity contribution in [1.82, 2.24) is 0 Å². The van der Waals surface area contributed by atoms with Crippen LogP contribution in [-0.2, 0) is 0 Å². The van der Waals surface area contributed by atoms with Gasteiger partial charge in [0.05, 0.1) is 8.80 Å². The molecule has 0 nitrogen and oxygen atoms in total. The van der Waals surface area contributed by atoms with Crippen LogP contribution in [0.15, 0.2) is 24.3 Å². The Morgan fingerprint density at radius 3 is 2.39 bits per heavy atom. The van der Waals surface area contributed by atoms with Gasteiger partial charge in [0.15, 0.2) is 0 Å². The van der Waals surface area contributed by atoms with Crippen LogP contribution < -0.4 is 5.19 Å². The molecule has 1 aliphatic heterocycles. The summed E-state index contributed by atoms with van der Waals surface area (Å²) in [6, 6.07) is 11.7. The molecule has 1 saturated heterocycles. The van der Waals surface area contributed by atoms with Crippen molar-refractivity contribution in [3.05, 3.63) is 29.3 Å². The van der Waals surface area contributed by atoms with Crippen LogP contribution in [-0.4, -0.2) is 8.80 Å². The number of hydrogen-bond acceptors (Lipinski definition) is 0. The van der Waals surface area contributed by atoms with Gasteiger partial charge in [-0.1, -0.05) is 86.5 Å². The van der Waals surface area contributed by atoms with E-state index in [1.165, 1.54) is 50.6 Å². The lowest BCUT2D eigenvalue weighted by atomic mass is 9.96. The smallest absolute Gasteiger partial charge is 0.0708 e. The van der Waals surface area contributed by atoms with Gasteiger partial charge in [0.1, 0.15) is 0 Å². The maximum atomic E-state index is 5.96. The number of hydrogen-bond donors (Lipinski definition) is 0. The van der Waals surface area contributed by atoms with Gasteiger partial charge in [0, 0.05) is 5.02 Å². The van der Waals surface area contributed by atoms with Crippen molar-refractivity contribution in [2.45, 2.75) is 57.5 Å². The summed E-state index contributed by atoms with van der Waals surface area (Å²) in [6.07, 6.45) is 8.69. The van der Waals surface area contributed by atoms with E-state index in [4.69, 9.17) is 11.6 Å². The fraction of sp³-hybridized carbons (Fsp3) is 0.625. The zero-order valence-electron chi connectivity index (χ0n) is 11.5. The summed E-state index contributed by atoms with van der Waals surface area (Å²) >= 11 is 5.96. The van der Waals surface area contributed by atoms with E-state index in [9.17, 15) is 0 Å². The molecule has 2 heteroatoms. The van der Waals surface area contributed by atoms with Gasteiger partial charge in [-0.2, -0.15) is 0 Å². The van der Waals surface area contributed by atoms with E-state index in [2.05, 4.69) is 31.2 Å². The molecule has 0 aromatic heterocycles. The minimum atomic E-state index is -0.643. The lowest BCUT2D eigenvalue weighted by Gasteiger charge is -2.27. The molecule has 100 valence electrons. The molecule has 0 aliphatic carbocycles. The quantitative estimate of drug-likeness (QED) is 0.539. The van der Waals surface area contributed by atoms with Crippen LogP contribution in [0.25, 0.3) is 0 Å². The second-order valence-corrected chi connectivity index (χ2v) is 9.42. The van der Waals surface area contributed by atoms with Gasteiger partial charge < -0.3 is 0 Å². The predicted molar refractivity (Wildman–Crippen MR) is 84.7 cm³/mol. The Morgan fingerprint density at radius 1 is 1.11 bits per heavy atom. The van der Waals surface area contributed by atoms with E-state index >= 15 is 0 Å². The van der Waals surface area contributed by atoms with Gasteiger partial charge in [-0.3, -0.25) is 0 Å². The van der Waals surface area contributed by atoms with Crippen molar-refractivity contribution >= 4 is 25.6 Å². The molecular formula is C16H25ClSi. The SMILES string of the molecule is CCCCCC1CC[SiH](c2ccc(Cl)cc2)CC1. The fourth-order valence-electron chi connectivity index (χ4n) is 3.20. The highest BCUT2D eigenvalue weighted by atomic mass is 35.5. The van der Waals surface area contributed by atoms with Crippen LogP contribution in [0, 0.1) is 5.92 Å². The number of halogens is 1. The highest BCUT2D eigenvalue weighted by molar-refractivity contribution is 6.73. The summed E-state index contributed by atoms with van der Waals surface area (Å²) in [4.78, 5) is 0. The van der Waals surface area contributed by atoms with E-state index in [0.717, 1.165) is 10.9 Å². The highest BCUT2D eigenvalue weighted by Crippen LogP contribution is 2.29. The molecule has 1 aromatic rings.